The minimum atomic E-state index is -0.0287. The Labute approximate surface area is 96.0 Å². The van der Waals surface area contributed by atoms with Gasteiger partial charge >= 0.3 is 0 Å². The van der Waals surface area contributed by atoms with Crippen molar-refractivity contribution in [1.82, 2.24) is 4.98 Å². The van der Waals surface area contributed by atoms with Crippen molar-refractivity contribution >= 4 is 11.5 Å². The van der Waals surface area contributed by atoms with Crippen molar-refractivity contribution in [2.75, 3.05) is 24.5 Å². The van der Waals surface area contributed by atoms with Crippen molar-refractivity contribution in [3.05, 3.63) is 17.8 Å². The predicted octanol–water partition coefficient (Wildman–Crippen LogP) is 1.39. The molecule has 0 aromatic carbocycles. The van der Waals surface area contributed by atoms with Gasteiger partial charge in [0.05, 0.1) is 13.7 Å². The zero-order valence-corrected chi connectivity index (χ0v) is 10.2. The minimum Gasteiger partial charge on any atom is -0.392 e. The summed E-state index contributed by atoms with van der Waals surface area (Å²) in [5.41, 5.74) is 1.66. The van der Waals surface area contributed by atoms with Crippen molar-refractivity contribution in [1.29, 1.82) is 0 Å². The number of aromatic nitrogens is 1. The van der Waals surface area contributed by atoms with Crippen LogP contribution in [-0.2, 0) is 11.4 Å². The lowest BCUT2D eigenvalue weighted by Gasteiger charge is -2.18. The Morgan fingerprint density at radius 2 is 2.25 bits per heavy atom. The maximum absolute atomic E-state index is 9.19. The summed E-state index contributed by atoms with van der Waals surface area (Å²) in [6, 6.07) is 2.16. The Morgan fingerprint density at radius 3 is 2.75 bits per heavy atom. The molecule has 5 nitrogen and oxygen atoms in total. The summed E-state index contributed by atoms with van der Waals surface area (Å²) in [6.45, 7) is 4.06. The van der Waals surface area contributed by atoms with Gasteiger partial charge in [-0.25, -0.2) is 10.0 Å². The number of hydroxylamine groups is 1. The molecule has 0 aliphatic carbocycles. The largest absolute Gasteiger partial charge is 0.392 e. The first kappa shape index (κ1) is 12.7. The van der Waals surface area contributed by atoms with Crippen LogP contribution in [0.1, 0.15) is 19.4 Å². The van der Waals surface area contributed by atoms with E-state index in [0.29, 0.717) is 11.9 Å². The number of aliphatic hydroxyl groups excluding tert-OH is 1. The van der Waals surface area contributed by atoms with Crippen molar-refractivity contribution in [3.8, 4) is 0 Å². The van der Waals surface area contributed by atoms with Crippen LogP contribution in [0.2, 0.25) is 0 Å². The van der Waals surface area contributed by atoms with Crippen LogP contribution in [0.15, 0.2) is 12.3 Å². The van der Waals surface area contributed by atoms with Crippen LogP contribution in [0, 0.1) is 0 Å². The van der Waals surface area contributed by atoms with Crippen molar-refractivity contribution in [2.24, 2.45) is 0 Å². The lowest BCUT2D eigenvalue weighted by molar-refractivity contribution is 0.182. The SMILES string of the molecule is CON(C)c1cc(NC(C)C)c(CO)cn1. The normalized spacial score (nSPS) is 10.6. The van der Waals surface area contributed by atoms with Gasteiger partial charge in [-0.15, -0.1) is 0 Å². The Kier molecular flexibility index (Phi) is 4.52. The molecule has 1 rings (SSSR count). The zero-order chi connectivity index (χ0) is 12.1. The Hall–Kier alpha value is -1.33. The van der Waals surface area contributed by atoms with E-state index in [1.165, 1.54) is 0 Å². The average Bonchev–Trinajstić information content (AvgIpc) is 2.27. The topological polar surface area (TPSA) is 57.6 Å². The van der Waals surface area contributed by atoms with Gasteiger partial charge in [-0.05, 0) is 13.8 Å². The van der Waals surface area contributed by atoms with Gasteiger partial charge in [0, 0.05) is 36.6 Å². The molecule has 0 spiro atoms. The highest BCUT2D eigenvalue weighted by Gasteiger charge is 2.08. The molecule has 0 aliphatic rings. The van der Waals surface area contributed by atoms with E-state index in [2.05, 4.69) is 10.3 Å². The fourth-order valence-electron chi connectivity index (χ4n) is 1.31. The first-order valence-corrected chi connectivity index (χ1v) is 5.22. The summed E-state index contributed by atoms with van der Waals surface area (Å²) in [4.78, 5) is 9.24. The summed E-state index contributed by atoms with van der Waals surface area (Å²) in [5, 5.41) is 14.0. The van der Waals surface area contributed by atoms with Gasteiger partial charge in [0.15, 0.2) is 5.82 Å². The Morgan fingerprint density at radius 1 is 1.56 bits per heavy atom. The number of pyridine rings is 1. The molecule has 0 unspecified atom stereocenters. The maximum Gasteiger partial charge on any atom is 0.154 e. The Balaban J connectivity index is 3.00. The smallest absolute Gasteiger partial charge is 0.154 e. The quantitative estimate of drug-likeness (QED) is 0.742. The third kappa shape index (κ3) is 3.08. The molecule has 0 radical (unpaired) electrons. The lowest BCUT2D eigenvalue weighted by Crippen LogP contribution is -2.18. The van der Waals surface area contributed by atoms with E-state index >= 15 is 0 Å². The molecule has 1 aromatic rings. The monoisotopic (exact) mass is 225 g/mol. The van der Waals surface area contributed by atoms with E-state index in [-0.39, 0.29) is 6.61 Å². The fraction of sp³-hybridized carbons (Fsp3) is 0.545. The summed E-state index contributed by atoms with van der Waals surface area (Å²) in [5.74, 6) is 0.697. The van der Waals surface area contributed by atoms with Crippen LogP contribution < -0.4 is 10.4 Å². The molecule has 0 saturated heterocycles. The number of aliphatic hydroxyl groups is 1. The van der Waals surface area contributed by atoms with Crippen LogP contribution in [0.25, 0.3) is 0 Å². The third-order valence-electron chi connectivity index (χ3n) is 2.18. The van der Waals surface area contributed by atoms with Crippen molar-refractivity contribution < 1.29 is 9.94 Å². The van der Waals surface area contributed by atoms with Gasteiger partial charge in [-0.1, -0.05) is 0 Å². The van der Waals surface area contributed by atoms with Crippen LogP contribution >= 0.6 is 0 Å². The highest BCUT2D eigenvalue weighted by molar-refractivity contribution is 5.57. The number of nitrogens with one attached hydrogen (secondary N) is 1. The standard InChI is InChI=1S/C11H19N3O2/c1-8(2)13-10-5-11(14(3)16-4)12-6-9(10)7-15/h5-6,8,15H,7H2,1-4H3,(H,12,13). The highest BCUT2D eigenvalue weighted by Crippen LogP contribution is 2.21. The number of anilines is 2. The van der Waals surface area contributed by atoms with Gasteiger partial charge in [0.2, 0.25) is 0 Å². The Bertz CT molecular complexity index is 342. The summed E-state index contributed by atoms with van der Waals surface area (Å²) in [6.07, 6.45) is 1.65. The maximum atomic E-state index is 9.19. The van der Waals surface area contributed by atoms with Gasteiger partial charge in [-0.3, -0.25) is 4.84 Å². The second-order valence-corrected chi connectivity index (χ2v) is 3.84. The van der Waals surface area contributed by atoms with Gasteiger partial charge in [-0.2, -0.15) is 0 Å². The first-order valence-electron chi connectivity index (χ1n) is 5.22. The molecule has 1 heterocycles. The van der Waals surface area contributed by atoms with Crippen LogP contribution in [0.3, 0.4) is 0 Å². The van der Waals surface area contributed by atoms with E-state index in [9.17, 15) is 5.11 Å². The van der Waals surface area contributed by atoms with Gasteiger partial charge < -0.3 is 10.4 Å². The molecular formula is C11H19N3O2. The lowest BCUT2D eigenvalue weighted by atomic mass is 10.2. The van der Waals surface area contributed by atoms with Crippen LogP contribution in [0.5, 0.6) is 0 Å². The fourth-order valence-corrected chi connectivity index (χ4v) is 1.31. The van der Waals surface area contributed by atoms with Crippen molar-refractivity contribution in [2.45, 2.75) is 26.5 Å². The molecule has 2 N–H and O–H groups in total. The summed E-state index contributed by atoms with van der Waals surface area (Å²) < 4.78 is 0. The second-order valence-electron chi connectivity index (χ2n) is 3.84. The van der Waals surface area contributed by atoms with E-state index in [1.54, 1.807) is 25.4 Å². The molecule has 0 bridgehead atoms. The molecule has 5 heteroatoms. The third-order valence-corrected chi connectivity index (χ3v) is 2.18. The number of rotatable bonds is 5. The predicted molar refractivity (Wildman–Crippen MR) is 64.3 cm³/mol. The van der Waals surface area contributed by atoms with E-state index in [0.717, 1.165) is 11.3 Å². The molecule has 1 aromatic heterocycles. The van der Waals surface area contributed by atoms with E-state index in [1.807, 2.05) is 19.9 Å². The van der Waals surface area contributed by atoms with E-state index < -0.39 is 0 Å². The molecule has 16 heavy (non-hydrogen) atoms. The van der Waals surface area contributed by atoms with Crippen molar-refractivity contribution in [3.63, 3.8) is 0 Å². The molecule has 90 valence electrons. The molecule has 0 saturated carbocycles. The van der Waals surface area contributed by atoms with Gasteiger partial charge in [0.1, 0.15) is 0 Å². The number of nitrogens with zero attached hydrogens (tertiary/aromatic N) is 2. The number of hydrogen-bond donors (Lipinski definition) is 2. The molecule has 0 aliphatic heterocycles. The summed E-state index contributed by atoms with van der Waals surface area (Å²) >= 11 is 0. The highest BCUT2D eigenvalue weighted by atomic mass is 16.7. The zero-order valence-electron chi connectivity index (χ0n) is 10.2. The summed E-state index contributed by atoms with van der Waals surface area (Å²) in [7, 11) is 3.36. The molecule has 0 atom stereocenters. The molecule has 0 fully saturated rings. The second kappa shape index (κ2) is 5.67. The number of hydrogen-bond acceptors (Lipinski definition) is 5. The molecule has 0 amide bonds. The van der Waals surface area contributed by atoms with Crippen LogP contribution in [-0.4, -0.2) is 30.3 Å². The van der Waals surface area contributed by atoms with Crippen LogP contribution in [0.4, 0.5) is 11.5 Å². The first-order chi connectivity index (χ1) is 7.58. The average molecular weight is 225 g/mol. The molecular weight excluding hydrogens is 206 g/mol. The van der Waals surface area contributed by atoms with Gasteiger partial charge in [0.25, 0.3) is 0 Å². The van der Waals surface area contributed by atoms with E-state index in [4.69, 9.17) is 4.84 Å². The minimum absolute atomic E-state index is 0.0287.